The van der Waals surface area contributed by atoms with Crippen LogP contribution in [0.25, 0.3) is 11.0 Å². The number of hydrogen-bond acceptors (Lipinski definition) is 5. The van der Waals surface area contributed by atoms with E-state index in [9.17, 15) is 4.79 Å². The summed E-state index contributed by atoms with van der Waals surface area (Å²) in [5, 5.41) is 6.56. The highest BCUT2D eigenvalue weighted by atomic mass is 35.5. The van der Waals surface area contributed by atoms with Gasteiger partial charge in [-0.2, -0.15) is 8.75 Å². The Kier molecular flexibility index (Phi) is 4.96. The summed E-state index contributed by atoms with van der Waals surface area (Å²) in [5.41, 5.74) is 3.11. The van der Waals surface area contributed by atoms with E-state index in [1.165, 1.54) is 0 Å². The van der Waals surface area contributed by atoms with E-state index in [0.29, 0.717) is 32.3 Å². The molecule has 5 nitrogen and oxygen atoms in total. The van der Waals surface area contributed by atoms with Crippen LogP contribution in [0.3, 0.4) is 0 Å². The topological polar surface area (TPSA) is 66.9 Å². The van der Waals surface area contributed by atoms with Crippen LogP contribution in [-0.4, -0.2) is 19.8 Å². The van der Waals surface area contributed by atoms with Crippen LogP contribution in [-0.2, 0) is 0 Å². The zero-order chi connectivity index (χ0) is 17.3. The molecule has 0 aliphatic heterocycles. The summed E-state index contributed by atoms with van der Waals surface area (Å²) in [6.45, 7) is 1.86. The third-order valence-corrected chi connectivity index (χ3v) is 4.75. The van der Waals surface area contributed by atoms with Crippen LogP contribution in [0.4, 0.5) is 5.69 Å². The molecule has 1 heterocycles. The fraction of sp³-hybridized carbons (Fsp3) is 0.0667. The Morgan fingerprint density at radius 2 is 1.96 bits per heavy atom. The van der Waals surface area contributed by atoms with Crippen molar-refractivity contribution in [1.29, 1.82) is 0 Å². The molecule has 3 aromatic rings. The number of benzene rings is 2. The molecule has 3 rings (SSSR count). The van der Waals surface area contributed by atoms with Crippen molar-refractivity contribution in [1.82, 2.24) is 14.1 Å². The molecule has 1 aromatic heterocycles. The highest BCUT2D eigenvalue weighted by Gasteiger charge is 2.14. The maximum atomic E-state index is 12.3. The first-order valence-corrected chi connectivity index (χ1v) is 8.64. The number of nitrogens with one attached hydrogen (secondary N) is 2. The van der Waals surface area contributed by atoms with Gasteiger partial charge >= 0.3 is 0 Å². The summed E-state index contributed by atoms with van der Waals surface area (Å²) in [6, 6.07) is 8.50. The standard InChI is InChI=1S/C15H10Cl2N4OS2/c1-7-2-3-8(6-10(7)17)14(22)19-15(23)18-12-9(16)4-5-11-13(12)21-24-20-11/h2-6H,1H3,(H2,18,19,22,23). The number of aromatic nitrogens is 2. The molecule has 2 aromatic carbocycles. The van der Waals surface area contributed by atoms with Crippen molar-refractivity contribution in [2.24, 2.45) is 0 Å². The number of fused-ring (bicyclic) bond motifs is 1. The first-order chi connectivity index (χ1) is 11.5. The van der Waals surface area contributed by atoms with Crippen LogP contribution in [0.5, 0.6) is 0 Å². The summed E-state index contributed by atoms with van der Waals surface area (Å²) in [5.74, 6) is -0.367. The van der Waals surface area contributed by atoms with Crippen LogP contribution in [0.15, 0.2) is 30.3 Å². The lowest BCUT2D eigenvalue weighted by atomic mass is 10.1. The monoisotopic (exact) mass is 396 g/mol. The number of aryl methyl sites for hydroxylation is 1. The Morgan fingerprint density at radius 3 is 2.71 bits per heavy atom. The number of carbonyl (C=O) groups is 1. The molecular formula is C15H10Cl2N4OS2. The molecule has 0 unspecified atom stereocenters. The van der Waals surface area contributed by atoms with Gasteiger partial charge in [0, 0.05) is 10.6 Å². The fourth-order valence-electron chi connectivity index (χ4n) is 2.00. The smallest absolute Gasteiger partial charge is 0.257 e. The average Bonchev–Trinajstić information content (AvgIpc) is 3.01. The number of anilines is 1. The zero-order valence-electron chi connectivity index (χ0n) is 12.3. The van der Waals surface area contributed by atoms with Crippen LogP contribution in [0.1, 0.15) is 15.9 Å². The van der Waals surface area contributed by atoms with Crippen molar-refractivity contribution in [2.75, 3.05) is 5.32 Å². The predicted molar refractivity (Wildman–Crippen MR) is 102 cm³/mol. The molecule has 122 valence electrons. The lowest BCUT2D eigenvalue weighted by Crippen LogP contribution is -2.34. The van der Waals surface area contributed by atoms with Crippen molar-refractivity contribution in [2.45, 2.75) is 6.92 Å². The third-order valence-electron chi connectivity index (χ3n) is 3.28. The van der Waals surface area contributed by atoms with Crippen molar-refractivity contribution in [3.8, 4) is 0 Å². The van der Waals surface area contributed by atoms with Crippen molar-refractivity contribution < 1.29 is 4.79 Å². The van der Waals surface area contributed by atoms with Crippen LogP contribution < -0.4 is 10.6 Å². The van der Waals surface area contributed by atoms with Gasteiger partial charge in [0.15, 0.2) is 5.11 Å². The highest BCUT2D eigenvalue weighted by molar-refractivity contribution is 7.80. The van der Waals surface area contributed by atoms with Gasteiger partial charge in [-0.3, -0.25) is 10.1 Å². The normalized spacial score (nSPS) is 10.6. The quantitative estimate of drug-likeness (QED) is 0.626. The van der Waals surface area contributed by atoms with Crippen molar-refractivity contribution in [3.05, 3.63) is 51.5 Å². The number of thiocarbonyl (C=S) groups is 1. The van der Waals surface area contributed by atoms with E-state index >= 15 is 0 Å². The van der Waals surface area contributed by atoms with Gasteiger partial charge in [0.1, 0.15) is 11.0 Å². The SMILES string of the molecule is Cc1ccc(C(=O)NC(=S)Nc2c(Cl)ccc3nsnc23)cc1Cl. The van der Waals surface area contributed by atoms with Gasteiger partial charge < -0.3 is 5.32 Å². The number of carbonyl (C=O) groups excluding carboxylic acids is 1. The largest absolute Gasteiger partial charge is 0.329 e. The second-order valence-electron chi connectivity index (χ2n) is 4.93. The molecule has 1 amide bonds. The Morgan fingerprint density at radius 1 is 1.17 bits per heavy atom. The summed E-state index contributed by atoms with van der Waals surface area (Å²) < 4.78 is 8.33. The molecule has 0 radical (unpaired) electrons. The molecule has 0 aliphatic carbocycles. The first-order valence-electron chi connectivity index (χ1n) is 6.75. The third kappa shape index (κ3) is 3.49. The molecule has 2 N–H and O–H groups in total. The second kappa shape index (κ2) is 6.98. The molecule has 0 bridgehead atoms. The van der Waals surface area contributed by atoms with Gasteiger partial charge in [-0.05, 0) is 49.0 Å². The lowest BCUT2D eigenvalue weighted by molar-refractivity contribution is 0.0977. The summed E-state index contributed by atoms with van der Waals surface area (Å²) >= 11 is 18.5. The van der Waals surface area contributed by atoms with Gasteiger partial charge in [-0.15, -0.1) is 0 Å². The van der Waals surface area contributed by atoms with Gasteiger partial charge in [-0.25, -0.2) is 0 Å². The number of nitrogens with zero attached hydrogens (tertiary/aromatic N) is 2. The Bertz CT molecular complexity index is 958. The molecule has 0 atom stereocenters. The minimum absolute atomic E-state index is 0.110. The van der Waals surface area contributed by atoms with Crippen molar-refractivity contribution >= 4 is 74.9 Å². The molecule has 0 spiro atoms. The Balaban J connectivity index is 1.77. The number of amides is 1. The lowest BCUT2D eigenvalue weighted by Gasteiger charge is -2.11. The summed E-state index contributed by atoms with van der Waals surface area (Å²) in [4.78, 5) is 12.3. The zero-order valence-corrected chi connectivity index (χ0v) is 15.4. The van der Waals surface area contributed by atoms with Gasteiger partial charge in [-0.1, -0.05) is 29.3 Å². The number of rotatable bonds is 2. The number of hydrogen-bond donors (Lipinski definition) is 2. The van der Waals surface area contributed by atoms with E-state index in [1.807, 2.05) is 6.92 Å². The highest BCUT2D eigenvalue weighted by Crippen LogP contribution is 2.29. The summed E-state index contributed by atoms with van der Waals surface area (Å²) in [6.07, 6.45) is 0. The van der Waals surface area contributed by atoms with E-state index < -0.39 is 0 Å². The van der Waals surface area contributed by atoms with Gasteiger partial charge in [0.2, 0.25) is 0 Å². The molecule has 9 heteroatoms. The maximum Gasteiger partial charge on any atom is 0.257 e. The summed E-state index contributed by atoms with van der Waals surface area (Å²) in [7, 11) is 0. The number of halogens is 2. The second-order valence-corrected chi connectivity index (χ2v) is 6.68. The van der Waals surface area contributed by atoms with Crippen LogP contribution in [0, 0.1) is 6.92 Å². The van der Waals surface area contributed by atoms with Gasteiger partial charge in [0.05, 0.1) is 22.4 Å². The van der Waals surface area contributed by atoms with Crippen LogP contribution in [0.2, 0.25) is 10.0 Å². The molecule has 0 aliphatic rings. The van der Waals surface area contributed by atoms with Crippen molar-refractivity contribution in [3.63, 3.8) is 0 Å². The molecule has 0 fully saturated rings. The first kappa shape index (κ1) is 17.0. The van der Waals surface area contributed by atoms with E-state index in [1.54, 1.807) is 30.3 Å². The average molecular weight is 397 g/mol. The van der Waals surface area contributed by atoms with E-state index in [2.05, 4.69) is 19.4 Å². The minimum Gasteiger partial charge on any atom is -0.329 e. The van der Waals surface area contributed by atoms with E-state index in [-0.39, 0.29) is 11.0 Å². The molecule has 24 heavy (non-hydrogen) atoms. The maximum absolute atomic E-state index is 12.3. The fourth-order valence-corrected chi connectivity index (χ4v) is 3.12. The van der Waals surface area contributed by atoms with E-state index in [0.717, 1.165) is 17.3 Å². The Labute approximate surface area is 157 Å². The molecule has 0 saturated carbocycles. The van der Waals surface area contributed by atoms with Crippen LogP contribution >= 0.6 is 47.1 Å². The minimum atomic E-state index is -0.367. The Hall–Kier alpha value is -1.80. The van der Waals surface area contributed by atoms with Gasteiger partial charge in [0.25, 0.3) is 5.91 Å². The predicted octanol–water partition coefficient (Wildman–Crippen LogP) is 4.43. The molecule has 0 saturated heterocycles. The van der Waals surface area contributed by atoms with E-state index in [4.69, 9.17) is 35.4 Å². The molecular weight excluding hydrogens is 387 g/mol.